The summed E-state index contributed by atoms with van der Waals surface area (Å²) in [6.07, 6.45) is 7.28. The van der Waals surface area contributed by atoms with Crippen LogP contribution >= 0.6 is 0 Å². The second-order valence-electron chi connectivity index (χ2n) is 5.56. The van der Waals surface area contributed by atoms with E-state index in [0.29, 0.717) is 13.0 Å². The van der Waals surface area contributed by atoms with Crippen molar-refractivity contribution in [1.82, 2.24) is 10.3 Å². The van der Waals surface area contributed by atoms with E-state index in [-0.39, 0.29) is 11.7 Å². The highest BCUT2D eigenvalue weighted by Gasteiger charge is 2.06. The van der Waals surface area contributed by atoms with Gasteiger partial charge in [-0.05, 0) is 49.6 Å². The Morgan fingerprint density at radius 3 is 2.86 bits per heavy atom. The van der Waals surface area contributed by atoms with Crippen LogP contribution in [0.1, 0.15) is 37.7 Å². The molecule has 1 aromatic heterocycles. The number of halogens is 1. The summed E-state index contributed by atoms with van der Waals surface area (Å²) in [7, 11) is 0. The molecular formula is C17H24FN3O. The molecule has 0 bridgehead atoms. The molecule has 120 valence electrons. The number of amides is 1. The second-order valence-corrected chi connectivity index (χ2v) is 5.56. The molecule has 0 atom stereocenters. The van der Waals surface area contributed by atoms with Crippen molar-refractivity contribution in [3.05, 3.63) is 35.8 Å². The lowest BCUT2D eigenvalue weighted by Crippen LogP contribution is -2.25. The summed E-state index contributed by atoms with van der Waals surface area (Å²) in [5.41, 5.74) is 7.32. The molecule has 0 spiro atoms. The van der Waals surface area contributed by atoms with Gasteiger partial charge in [0.2, 0.25) is 5.91 Å². The lowest BCUT2D eigenvalue weighted by Gasteiger charge is -2.05. The molecule has 0 fully saturated rings. The fourth-order valence-corrected chi connectivity index (χ4v) is 2.57. The van der Waals surface area contributed by atoms with Gasteiger partial charge in [-0.15, -0.1) is 0 Å². The van der Waals surface area contributed by atoms with Crippen LogP contribution in [-0.4, -0.2) is 24.0 Å². The van der Waals surface area contributed by atoms with Gasteiger partial charge in [-0.2, -0.15) is 0 Å². The number of carbonyl (C=O) groups is 1. The summed E-state index contributed by atoms with van der Waals surface area (Å²) in [4.78, 5) is 14.8. The van der Waals surface area contributed by atoms with Crippen molar-refractivity contribution in [2.45, 2.75) is 38.5 Å². The van der Waals surface area contributed by atoms with Gasteiger partial charge in [-0.1, -0.05) is 12.8 Å². The Balaban J connectivity index is 1.70. The maximum Gasteiger partial charge on any atom is 0.220 e. The van der Waals surface area contributed by atoms with Crippen LogP contribution in [0, 0.1) is 5.82 Å². The molecule has 2 aromatic rings. The second kappa shape index (κ2) is 8.54. The smallest absolute Gasteiger partial charge is 0.220 e. The zero-order valence-corrected chi connectivity index (χ0v) is 12.8. The largest absolute Gasteiger partial charge is 0.361 e. The van der Waals surface area contributed by atoms with E-state index in [2.05, 4.69) is 10.3 Å². The zero-order chi connectivity index (χ0) is 15.8. The van der Waals surface area contributed by atoms with Gasteiger partial charge < -0.3 is 16.0 Å². The molecule has 1 aromatic carbocycles. The maximum absolute atomic E-state index is 13.1. The Kier molecular flexibility index (Phi) is 6.40. The summed E-state index contributed by atoms with van der Waals surface area (Å²) in [5, 5.41) is 3.95. The third kappa shape index (κ3) is 4.84. The summed E-state index contributed by atoms with van der Waals surface area (Å²) in [6, 6.07) is 4.72. The molecule has 0 saturated carbocycles. The van der Waals surface area contributed by atoms with Crippen LogP contribution in [0.5, 0.6) is 0 Å². The number of benzene rings is 1. The van der Waals surface area contributed by atoms with Crippen LogP contribution in [0.3, 0.4) is 0 Å². The van der Waals surface area contributed by atoms with Crippen LogP contribution in [0.2, 0.25) is 0 Å². The number of nitrogens with two attached hydrogens (primary N) is 1. The van der Waals surface area contributed by atoms with E-state index in [1.54, 1.807) is 6.07 Å². The zero-order valence-electron chi connectivity index (χ0n) is 12.8. The van der Waals surface area contributed by atoms with Crippen LogP contribution in [0.25, 0.3) is 10.9 Å². The normalized spacial score (nSPS) is 11.0. The molecule has 0 aliphatic carbocycles. The lowest BCUT2D eigenvalue weighted by atomic mass is 10.1. The van der Waals surface area contributed by atoms with Gasteiger partial charge >= 0.3 is 0 Å². The topological polar surface area (TPSA) is 70.9 Å². The van der Waals surface area contributed by atoms with Crippen molar-refractivity contribution in [2.75, 3.05) is 13.1 Å². The van der Waals surface area contributed by atoms with Gasteiger partial charge in [-0.3, -0.25) is 4.79 Å². The van der Waals surface area contributed by atoms with Gasteiger partial charge in [-0.25, -0.2) is 4.39 Å². The van der Waals surface area contributed by atoms with Gasteiger partial charge in [0, 0.05) is 30.1 Å². The minimum Gasteiger partial charge on any atom is -0.361 e. The van der Waals surface area contributed by atoms with E-state index >= 15 is 0 Å². The van der Waals surface area contributed by atoms with Crippen LogP contribution < -0.4 is 11.1 Å². The number of aromatic nitrogens is 1. The van der Waals surface area contributed by atoms with Crippen LogP contribution in [0.15, 0.2) is 24.4 Å². The van der Waals surface area contributed by atoms with Crippen molar-refractivity contribution in [3.63, 3.8) is 0 Å². The first kappa shape index (κ1) is 16.5. The van der Waals surface area contributed by atoms with Crippen molar-refractivity contribution in [2.24, 2.45) is 5.73 Å². The first-order valence-corrected chi connectivity index (χ1v) is 7.93. The molecule has 0 saturated heterocycles. The highest BCUT2D eigenvalue weighted by molar-refractivity contribution is 5.83. The van der Waals surface area contributed by atoms with Crippen LogP contribution in [-0.2, 0) is 11.2 Å². The third-order valence-corrected chi connectivity index (χ3v) is 3.80. The Labute approximate surface area is 130 Å². The molecule has 0 radical (unpaired) electrons. The fraction of sp³-hybridized carbons (Fsp3) is 0.471. The molecular weight excluding hydrogens is 281 g/mol. The van der Waals surface area contributed by atoms with Crippen LogP contribution in [0.4, 0.5) is 4.39 Å². The van der Waals surface area contributed by atoms with Gasteiger partial charge in [0.15, 0.2) is 0 Å². The molecule has 4 nitrogen and oxygen atoms in total. The minimum absolute atomic E-state index is 0.0960. The van der Waals surface area contributed by atoms with E-state index in [1.807, 2.05) is 6.20 Å². The Bertz CT molecular complexity index is 609. The summed E-state index contributed by atoms with van der Waals surface area (Å²) < 4.78 is 13.1. The van der Waals surface area contributed by atoms with E-state index in [0.717, 1.165) is 55.1 Å². The predicted molar refractivity (Wildman–Crippen MR) is 87.1 cm³/mol. The molecule has 0 aliphatic heterocycles. The highest BCUT2D eigenvalue weighted by Crippen LogP contribution is 2.19. The van der Waals surface area contributed by atoms with Gasteiger partial charge in [0.25, 0.3) is 0 Å². The van der Waals surface area contributed by atoms with Gasteiger partial charge in [0.1, 0.15) is 5.82 Å². The number of hydrogen-bond acceptors (Lipinski definition) is 2. The molecule has 4 N–H and O–H groups in total. The first-order chi connectivity index (χ1) is 10.7. The molecule has 22 heavy (non-hydrogen) atoms. The average molecular weight is 305 g/mol. The molecule has 5 heteroatoms. The lowest BCUT2D eigenvalue weighted by molar-refractivity contribution is -0.121. The van der Waals surface area contributed by atoms with Crippen molar-refractivity contribution < 1.29 is 9.18 Å². The first-order valence-electron chi connectivity index (χ1n) is 7.93. The van der Waals surface area contributed by atoms with Crippen molar-refractivity contribution in [3.8, 4) is 0 Å². The Hall–Kier alpha value is -1.88. The van der Waals surface area contributed by atoms with Crippen molar-refractivity contribution in [1.29, 1.82) is 0 Å². The van der Waals surface area contributed by atoms with Crippen molar-refractivity contribution >= 4 is 16.8 Å². The SMILES string of the molecule is NCCCCCCC(=O)NCCc1c[nH]c2cc(F)ccc12. The van der Waals surface area contributed by atoms with E-state index in [1.165, 1.54) is 12.1 Å². The maximum atomic E-state index is 13.1. The summed E-state index contributed by atoms with van der Waals surface area (Å²) in [6.45, 7) is 1.33. The number of aromatic amines is 1. The number of rotatable bonds is 9. The number of carbonyl (C=O) groups excluding carboxylic acids is 1. The molecule has 2 rings (SSSR count). The van der Waals surface area contributed by atoms with E-state index < -0.39 is 0 Å². The number of unbranched alkanes of at least 4 members (excludes halogenated alkanes) is 3. The fourth-order valence-electron chi connectivity index (χ4n) is 2.57. The molecule has 1 heterocycles. The van der Waals surface area contributed by atoms with E-state index in [4.69, 9.17) is 5.73 Å². The highest BCUT2D eigenvalue weighted by atomic mass is 19.1. The summed E-state index contributed by atoms with van der Waals surface area (Å²) in [5.74, 6) is -0.150. The summed E-state index contributed by atoms with van der Waals surface area (Å²) >= 11 is 0. The monoisotopic (exact) mass is 305 g/mol. The Morgan fingerprint density at radius 1 is 1.23 bits per heavy atom. The third-order valence-electron chi connectivity index (χ3n) is 3.80. The minimum atomic E-state index is -0.246. The van der Waals surface area contributed by atoms with E-state index in [9.17, 15) is 9.18 Å². The predicted octanol–water partition coefficient (Wildman–Crippen LogP) is 2.87. The standard InChI is InChI=1S/C17H24FN3O/c18-14-6-7-15-13(12-21-16(15)11-14)8-10-20-17(22)5-3-1-2-4-9-19/h6-7,11-12,21H,1-5,8-10,19H2,(H,20,22). The molecule has 0 unspecified atom stereocenters. The number of fused-ring (bicyclic) bond motifs is 1. The average Bonchev–Trinajstić information content (AvgIpc) is 2.89. The number of nitrogens with one attached hydrogen (secondary N) is 2. The number of H-pyrrole nitrogens is 1. The van der Waals surface area contributed by atoms with Gasteiger partial charge in [0.05, 0.1) is 0 Å². The molecule has 1 amide bonds. The quantitative estimate of drug-likeness (QED) is 0.623. The number of hydrogen-bond donors (Lipinski definition) is 3. The molecule has 0 aliphatic rings. The Morgan fingerprint density at radius 2 is 2.05 bits per heavy atom.